The van der Waals surface area contributed by atoms with Crippen LogP contribution in [0.15, 0.2) is 24.3 Å². The Kier molecular flexibility index (Phi) is 5.46. The first-order valence-electron chi connectivity index (χ1n) is 5.09. The zero-order valence-corrected chi connectivity index (χ0v) is 10.3. The number of likely N-dealkylation sites (N-methyl/N-ethyl adjacent to an activating group) is 1. The van der Waals surface area contributed by atoms with Crippen molar-refractivity contribution in [3.05, 3.63) is 34.9 Å². The summed E-state index contributed by atoms with van der Waals surface area (Å²) in [7, 11) is 3.54. The highest BCUT2D eigenvalue weighted by Gasteiger charge is 2.08. The lowest BCUT2D eigenvalue weighted by Gasteiger charge is -2.14. The maximum atomic E-state index is 11.8. The van der Waals surface area contributed by atoms with E-state index in [-0.39, 0.29) is 5.78 Å². The van der Waals surface area contributed by atoms with Crippen molar-refractivity contribution in [1.82, 2.24) is 4.90 Å². The molecule has 16 heavy (non-hydrogen) atoms. The van der Waals surface area contributed by atoms with E-state index in [2.05, 4.69) is 0 Å². The number of Topliss-reactive ketones (excluding diaryl/α,β-unsaturated/α-hetero) is 1. The molecule has 0 saturated carbocycles. The predicted octanol–water partition coefficient (Wildman–Crippen LogP) is 2.10. The van der Waals surface area contributed by atoms with Gasteiger partial charge in [-0.25, -0.2) is 0 Å². The molecule has 88 valence electrons. The summed E-state index contributed by atoms with van der Waals surface area (Å²) in [5.74, 6) is 0.0928. The molecule has 0 saturated heterocycles. The second kappa shape index (κ2) is 6.63. The molecule has 0 aromatic heterocycles. The van der Waals surface area contributed by atoms with E-state index in [9.17, 15) is 4.79 Å². The molecule has 0 amide bonds. The molecule has 0 spiro atoms. The van der Waals surface area contributed by atoms with E-state index in [1.807, 2.05) is 11.9 Å². The van der Waals surface area contributed by atoms with Gasteiger partial charge in [0.05, 0.1) is 13.2 Å². The van der Waals surface area contributed by atoms with Crippen LogP contribution in [0, 0.1) is 0 Å². The molecule has 0 atom stereocenters. The topological polar surface area (TPSA) is 29.5 Å². The normalized spacial score (nSPS) is 10.8. The van der Waals surface area contributed by atoms with Gasteiger partial charge < -0.3 is 4.74 Å². The lowest BCUT2D eigenvalue weighted by atomic mass is 10.1. The highest BCUT2D eigenvalue weighted by atomic mass is 35.5. The maximum absolute atomic E-state index is 11.8. The molecule has 0 unspecified atom stereocenters. The molecule has 0 aliphatic carbocycles. The van der Waals surface area contributed by atoms with E-state index >= 15 is 0 Å². The lowest BCUT2D eigenvalue weighted by Crippen LogP contribution is -2.29. The predicted molar refractivity (Wildman–Crippen MR) is 65.2 cm³/mol. The monoisotopic (exact) mass is 241 g/mol. The number of hydrogen-bond acceptors (Lipinski definition) is 3. The van der Waals surface area contributed by atoms with Crippen molar-refractivity contribution in [2.45, 2.75) is 0 Å². The van der Waals surface area contributed by atoms with E-state index in [4.69, 9.17) is 16.3 Å². The van der Waals surface area contributed by atoms with Crippen LogP contribution in [-0.4, -0.2) is 44.5 Å². The summed E-state index contributed by atoms with van der Waals surface area (Å²) in [5, 5.41) is 0.643. The van der Waals surface area contributed by atoms with Crippen LogP contribution in [-0.2, 0) is 4.74 Å². The Balaban J connectivity index is 2.48. The summed E-state index contributed by atoms with van der Waals surface area (Å²) < 4.78 is 4.95. The number of ether oxygens (including phenoxy) is 1. The summed E-state index contributed by atoms with van der Waals surface area (Å²) in [6.07, 6.45) is 0. The molecular weight excluding hydrogens is 226 g/mol. The van der Waals surface area contributed by atoms with Gasteiger partial charge in [0.1, 0.15) is 0 Å². The van der Waals surface area contributed by atoms with Crippen LogP contribution < -0.4 is 0 Å². The fraction of sp³-hybridized carbons (Fsp3) is 0.417. The van der Waals surface area contributed by atoms with E-state index < -0.39 is 0 Å². The number of benzene rings is 1. The number of nitrogens with zero attached hydrogens (tertiary/aromatic N) is 1. The lowest BCUT2D eigenvalue weighted by molar-refractivity contribution is 0.0922. The number of carbonyl (C=O) groups is 1. The molecule has 1 rings (SSSR count). The van der Waals surface area contributed by atoms with Gasteiger partial charge in [0.25, 0.3) is 0 Å². The largest absolute Gasteiger partial charge is 0.383 e. The summed E-state index contributed by atoms with van der Waals surface area (Å²) in [6.45, 7) is 1.77. The number of carbonyl (C=O) groups excluding carboxylic acids is 1. The van der Waals surface area contributed by atoms with E-state index in [0.29, 0.717) is 23.7 Å². The third-order valence-electron chi connectivity index (χ3n) is 2.26. The third-order valence-corrected chi connectivity index (χ3v) is 2.51. The minimum Gasteiger partial charge on any atom is -0.383 e. The van der Waals surface area contributed by atoms with Gasteiger partial charge in [0.15, 0.2) is 5.78 Å². The minimum atomic E-state index is 0.0928. The number of methoxy groups -OCH3 is 1. The summed E-state index contributed by atoms with van der Waals surface area (Å²) >= 11 is 5.75. The van der Waals surface area contributed by atoms with Crippen molar-refractivity contribution in [2.24, 2.45) is 0 Å². The average molecular weight is 242 g/mol. The van der Waals surface area contributed by atoms with Gasteiger partial charge in [0.2, 0.25) is 0 Å². The Labute approximate surface area is 101 Å². The Morgan fingerprint density at radius 3 is 2.56 bits per heavy atom. The number of ketones is 1. The zero-order valence-electron chi connectivity index (χ0n) is 9.57. The van der Waals surface area contributed by atoms with E-state index in [1.165, 1.54) is 0 Å². The first kappa shape index (κ1) is 13.2. The summed E-state index contributed by atoms with van der Waals surface area (Å²) in [5.41, 5.74) is 0.689. The van der Waals surface area contributed by atoms with Crippen molar-refractivity contribution < 1.29 is 9.53 Å². The average Bonchev–Trinajstić information content (AvgIpc) is 2.27. The molecule has 3 nitrogen and oxygen atoms in total. The van der Waals surface area contributed by atoms with Gasteiger partial charge in [0, 0.05) is 24.2 Å². The molecule has 0 fully saturated rings. The van der Waals surface area contributed by atoms with Crippen LogP contribution in [0.4, 0.5) is 0 Å². The second-order valence-corrected chi connectivity index (χ2v) is 4.10. The molecule has 0 N–H and O–H groups in total. The van der Waals surface area contributed by atoms with Crippen molar-refractivity contribution in [3.8, 4) is 0 Å². The second-order valence-electron chi connectivity index (χ2n) is 3.66. The first-order valence-corrected chi connectivity index (χ1v) is 5.47. The number of halogens is 1. The van der Waals surface area contributed by atoms with Gasteiger partial charge in [-0.1, -0.05) is 11.6 Å². The SMILES string of the molecule is COCCN(C)CC(=O)c1ccc(Cl)cc1. The Bertz CT molecular complexity index is 337. The molecule has 1 aromatic carbocycles. The zero-order chi connectivity index (χ0) is 12.0. The van der Waals surface area contributed by atoms with Gasteiger partial charge in [-0.05, 0) is 31.3 Å². The maximum Gasteiger partial charge on any atom is 0.176 e. The molecule has 0 bridgehead atoms. The fourth-order valence-electron chi connectivity index (χ4n) is 1.30. The van der Waals surface area contributed by atoms with Crippen LogP contribution in [0.3, 0.4) is 0 Å². The smallest absolute Gasteiger partial charge is 0.176 e. The quantitative estimate of drug-likeness (QED) is 0.715. The van der Waals surface area contributed by atoms with Crippen LogP contribution in [0.2, 0.25) is 5.02 Å². The fourth-order valence-corrected chi connectivity index (χ4v) is 1.42. The summed E-state index contributed by atoms with van der Waals surface area (Å²) in [4.78, 5) is 13.7. The standard InChI is InChI=1S/C12H16ClNO2/c1-14(7-8-16-2)9-12(15)10-3-5-11(13)6-4-10/h3-6H,7-9H2,1-2H3. The van der Waals surface area contributed by atoms with Crippen molar-refractivity contribution >= 4 is 17.4 Å². The first-order chi connectivity index (χ1) is 7.63. The van der Waals surface area contributed by atoms with Crippen LogP contribution in [0.25, 0.3) is 0 Å². The Morgan fingerprint density at radius 2 is 2.00 bits per heavy atom. The highest BCUT2D eigenvalue weighted by molar-refractivity contribution is 6.30. The molecule has 4 heteroatoms. The summed E-state index contributed by atoms with van der Waals surface area (Å²) in [6, 6.07) is 6.94. The molecule has 1 aromatic rings. The molecule has 0 heterocycles. The molecule has 0 aliphatic rings. The van der Waals surface area contributed by atoms with Gasteiger partial charge >= 0.3 is 0 Å². The number of rotatable bonds is 6. The minimum absolute atomic E-state index is 0.0928. The van der Waals surface area contributed by atoms with Gasteiger partial charge in [-0.3, -0.25) is 9.69 Å². The van der Waals surface area contributed by atoms with Crippen LogP contribution >= 0.6 is 11.6 Å². The van der Waals surface area contributed by atoms with Gasteiger partial charge in [-0.2, -0.15) is 0 Å². The van der Waals surface area contributed by atoms with Crippen molar-refractivity contribution in [2.75, 3.05) is 33.9 Å². The Hall–Kier alpha value is -0.900. The van der Waals surface area contributed by atoms with Crippen molar-refractivity contribution in [3.63, 3.8) is 0 Å². The highest BCUT2D eigenvalue weighted by Crippen LogP contribution is 2.10. The third kappa shape index (κ3) is 4.31. The molecule has 0 aliphatic heterocycles. The van der Waals surface area contributed by atoms with Crippen LogP contribution in [0.5, 0.6) is 0 Å². The van der Waals surface area contributed by atoms with Crippen LogP contribution in [0.1, 0.15) is 10.4 Å². The van der Waals surface area contributed by atoms with Gasteiger partial charge in [-0.15, -0.1) is 0 Å². The Morgan fingerprint density at radius 1 is 1.38 bits per heavy atom. The van der Waals surface area contributed by atoms with Crippen molar-refractivity contribution in [1.29, 1.82) is 0 Å². The molecule has 0 radical (unpaired) electrons. The molecular formula is C12H16ClNO2. The number of hydrogen-bond donors (Lipinski definition) is 0. The van der Waals surface area contributed by atoms with E-state index in [0.717, 1.165) is 6.54 Å². The van der Waals surface area contributed by atoms with E-state index in [1.54, 1.807) is 31.4 Å².